The largest absolute Gasteiger partial charge is 0.472 e. The van der Waals surface area contributed by atoms with E-state index in [4.69, 9.17) is 27.4 Å². The standard InChI is InChI=1S/C9H17NO2S.C3H7NOS/c1-4-10(5-2)8(13)12-9(3)6-11-7-9;1-2-5-3(4)6/h4-7H2,1-3H3;2H2,1H3,(H2,4,6). The third-order valence-electron chi connectivity index (χ3n) is 2.46. The zero-order chi connectivity index (χ0) is 14.9. The van der Waals surface area contributed by atoms with E-state index in [9.17, 15) is 0 Å². The Morgan fingerprint density at radius 3 is 2.00 bits per heavy atom. The summed E-state index contributed by atoms with van der Waals surface area (Å²) in [5.74, 6) is 0. The lowest BCUT2D eigenvalue weighted by molar-refractivity contribution is -0.160. The van der Waals surface area contributed by atoms with E-state index in [1.807, 2.05) is 18.7 Å². The molecule has 112 valence electrons. The Bertz CT molecular complexity index is 293. The van der Waals surface area contributed by atoms with Gasteiger partial charge in [-0.25, -0.2) is 0 Å². The summed E-state index contributed by atoms with van der Waals surface area (Å²) < 4.78 is 15.3. The van der Waals surface area contributed by atoms with Gasteiger partial charge in [-0.15, -0.1) is 0 Å². The zero-order valence-corrected chi connectivity index (χ0v) is 13.7. The molecule has 0 unspecified atom stereocenters. The second kappa shape index (κ2) is 9.28. The average Bonchev–Trinajstić information content (AvgIpc) is 2.29. The van der Waals surface area contributed by atoms with Crippen molar-refractivity contribution in [3.63, 3.8) is 0 Å². The van der Waals surface area contributed by atoms with Crippen LogP contribution in [0.5, 0.6) is 0 Å². The summed E-state index contributed by atoms with van der Waals surface area (Å²) in [5, 5.41) is 0.716. The molecule has 5 nitrogen and oxygen atoms in total. The van der Waals surface area contributed by atoms with Gasteiger partial charge in [0, 0.05) is 13.1 Å². The minimum Gasteiger partial charge on any atom is -0.472 e. The Hall–Kier alpha value is -0.660. The molecule has 19 heavy (non-hydrogen) atoms. The van der Waals surface area contributed by atoms with Crippen LogP contribution in [-0.2, 0) is 14.2 Å². The highest BCUT2D eigenvalue weighted by atomic mass is 32.1. The summed E-state index contributed by atoms with van der Waals surface area (Å²) in [4.78, 5) is 2.03. The van der Waals surface area contributed by atoms with Gasteiger partial charge in [0.2, 0.25) is 0 Å². The van der Waals surface area contributed by atoms with Crippen LogP contribution in [0, 0.1) is 0 Å². The SMILES string of the molecule is CCN(CC)C(=S)OC1(C)COC1.CCOC(N)=S. The molecule has 0 saturated carbocycles. The molecule has 1 heterocycles. The maximum absolute atomic E-state index is 5.65. The van der Waals surface area contributed by atoms with E-state index < -0.39 is 0 Å². The van der Waals surface area contributed by atoms with Crippen molar-refractivity contribution in [1.29, 1.82) is 0 Å². The molecule has 7 heteroatoms. The Morgan fingerprint density at radius 1 is 1.26 bits per heavy atom. The smallest absolute Gasteiger partial charge is 0.259 e. The van der Waals surface area contributed by atoms with Crippen LogP contribution in [0.25, 0.3) is 0 Å². The van der Waals surface area contributed by atoms with E-state index in [-0.39, 0.29) is 10.8 Å². The molecule has 1 aliphatic rings. The summed E-state index contributed by atoms with van der Waals surface area (Å²) in [6.45, 7) is 11.6. The molecular weight excluding hydrogens is 284 g/mol. The second-order valence-electron chi connectivity index (χ2n) is 4.24. The van der Waals surface area contributed by atoms with Crippen LogP contribution < -0.4 is 5.73 Å². The Balaban J connectivity index is 0.000000459. The third-order valence-corrected chi connectivity index (χ3v) is 2.92. The fraction of sp³-hybridized carbons (Fsp3) is 0.833. The van der Waals surface area contributed by atoms with E-state index in [0.717, 1.165) is 13.1 Å². The van der Waals surface area contributed by atoms with Crippen molar-refractivity contribution in [2.75, 3.05) is 32.9 Å². The van der Waals surface area contributed by atoms with Crippen LogP contribution in [-0.4, -0.2) is 53.8 Å². The topological polar surface area (TPSA) is 57.0 Å². The van der Waals surface area contributed by atoms with Gasteiger partial charge in [0.05, 0.1) is 19.8 Å². The highest BCUT2D eigenvalue weighted by Crippen LogP contribution is 2.21. The molecule has 0 aliphatic carbocycles. The first-order valence-electron chi connectivity index (χ1n) is 6.36. The molecule has 1 rings (SSSR count). The Morgan fingerprint density at radius 2 is 1.79 bits per heavy atom. The van der Waals surface area contributed by atoms with Crippen LogP contribution in [0.2, 0.25) is 0 Å². The number of thiocarbonyl (C=S) groups is 2. The number of nitrogens with two attached hydrogens (primary N) is 1. The molecule has 0 atom stereocenters. The molecule has 1 fully saturated rings. The third kappa shape index (κ3) is 7.49. The quantitative estimate of drug-likeness (QED) is 0.793. The first kappa shape index (κ1) is 18.3. The van der Waals surface area contributed by atoms with E-state index in [0.29, 0.717) is 25.0 Å². The van der Waals surface area contributed by atoms with Crippen molar-refractivity contribution in [2.45, 2.75) is 33.3 Å². The normalized spacial score (nSPS) is 15.4. The predicted molar refractivity (Wildman–Crippen MR) is 84.2 cm³/mol. The van der Waals surface area contributed by atoms with E-state index >= 15 is 0 Å². The second-order valence-corrected chi connectivity index (χ2v) is 4.99. The van der Waals surface area contributed by atoms with Crippen LogP contribution in [0.15, 0.2) is 0 Å². The van der Waals surface area contributed by atoms with Crippen LogP contribution in [0.4, 0.5) is 0 Å². The molecule has 0 aromatic heterocycles. The zero-order valence-electron chi connectivity index (χ0n) is 12.1. The molecule has 0 aromatic rings. The molecule has 2 N–H and O–H groups in total. The highest BCUT2D eigenvalue weighted by molar-refractivity contribution is 7.80. The van der Waals surface area contributed by atoms with Crippen molar-refractivity contribution in [1.82, 2.24) is 4.90 Å². The van der Waals surface area contributed by atoms with Gasteiger partial charge in [0.25, 0.3) is 10.3 Å². The van der Waals surface area contributed by atoms with Gasteiger partial charge in [0.15, 0.2) is 5.60 Å². The number of rotatable bonds is 4. The molecular formula is C12H24N2O3S2. The molecule has 0 spiro atoms. The van der Waals surface area contributed by atoms with Gasteiger partial charge >= 0.3 is 0 Å². The van der Waals surface area contributed by atoms with Crippen LogP contribution in [0.1, 0.15) is 27.7 Å². The number of ether oxygens (including phenoxy) is 3. The van der Waals surface area contributed by atoms with Crippen LogP contribution >= 0.6 is 24.4 Å². The molecule has 1 aliphatic heterocycles. The van der Waals surface area contributed by atoms with E-state index in [1.54, 1.807) is 0 Å². The van der Waals surface area contributed by atoms with Crippen molar-refractivity contribution in [3.05, 3.63) is 0 Å². The number of hydrogen-bond donors (Lipinski definition) is 1. The first-order chi connectivity index (χ1) is 8.88. The van der Waals surface area contributed by atoms with Gasteiger partial charge in [0.1, 0.15) is 0 Å². The number of hydrogen-bond acceptors (Lipinski definition) is 5. The van der Waals surface area contributed by atoms with Gasteiger partial charge < -0.3 is 24.8 Å². The predicted octanol–water partition coefficient (Wildman–Crippen LogP) is 1.69. The number of nitrogens with zero attached hydrogens (tertiary/aromatic N) is 1. The average molecular weight is 308 g/mol. The molecule has 0 amide bonds. The van der Waals surface area contributed by atoms with Crippen molar-refractivity contribution < 1.29 is 14.2 Å². The van der Waals surface area contributed by atoms with Gasteiger partial charge in [-0.05, 0) is 52.1 Å². The lowest BCUT2D eigenvalue weighted by Gasteiger charge is -2.39. The van der Waals surface area contributed by atoms with Crippen molar-refractivity contribution >= 4 is 34.8 Å². The summed E-state index contributed by atoms with van der Waals surface area (Å²) in [5.41, 5.74) is 4.73. The highest BCUT2D eigenvalue weighted by Gasteiger charge is 2.37. The fourth-order valence-corrected chi connectivity index (χ4v) is 1.93. The lowest BCUT2D eigenvalue weighted by atomic mass is 10.1. The minimum absolute atomic E-state index is 0.123. The summed E-state index contributed by atoms with van der Waals surface area (Å²) in [6, 6.07) is 0. The minimum atomic E-state index is -0.181. The molecule has 0 radical (unpaired) electrons. The van der Waals surface area contributed by atoms with E-state index in [2.05, 4.69) is 30.8 Å². The van der Waals surface area contributed by atoms with Crippen LogP contribution in [0.3, 0.4) is 0 Å². The Kier molecular flexibility index (Phi) is 8.95. The van der Waals surface area contributed by atoms with Crippen molar-refractivity contribution in [3.8, 4) is 0 Å². The fourth-order valence-electron chi connectivity index (χ4n) is 1.35. The lowest BCUT2D eigenvalue weighted by Crippen LogP contribution is -2.52. The molecule has 0 aromatic carbocycles. The Labute approximate surface area is 126 Å². The summed E-state index contributed by atoms with van der Waals surface area (Å²) in [6.07, 6.45) is 0. The summed E-state index contributed by atoms with van der Waals surface area (Å²) >= 11 is 9.52. The maximum Gasteiger partial charge on any atom is 0.259 e. The molecule has 1 saturated heterocycles. The first-order valence-corrected chi connectivity index (χ1v) is 7.18. The molecule has 0 bridgehead atoms. The van der Waals surface area contributed by atoms with Gasteiger partial charge in [-0.2, -0.15) is 0 Å². The summed E-state index contributed by atoms with van der Waals surface area (Å²) in [7, 11) is 0. The van der Waals surface area contributed by atoms with Gasteiger partial charge in [-0.3, -0.25) is 0 Å². The monoisotopic (exact) mass is 308 g/mol. The van der Waals surface area contributed by atoms with Gasteiger partial charge in [-0.1, -0.05) is 0 Å². The van der Waals surface area contributed by atoms with E-state index in [1.165, 1.54) is 0 Å². The maximum atomic E-state index is 5.65. The van der Waals surface area contributed by atoms with Crippen molar-refractivity contribution in [2.24, 2.45) is 5.73 Å².